The number of amides is 1. The number of ether oxygens (including phenoxy) is 2. The van der Waals surface area contributed by atoms with Gasteiger partial charge in [0, 0.05) is 6.54 Å². The van der Waals surface area contributed by atoms with Crippen molar-refractivity contribution in [2.75, 3.05) is 19.8 Å². The first-order chi connectivity index (χ1) is 12.7. The molecule has 0 bridgehead atoms. The molecule has 26 heavy (non-hydrogen) atoms. The zero-order valence-electron chi connectivity index (χ0n) is 14.2. The second-order valence-corrected chi connectivity index (χ2v) is 6.20. The van der Waals surface area contributed by atoms with Gasteiger partial charge in [-0.05, 0) is 47.0 Å². The van der Waals surface area contributed by atoms with E-state index in [1.165, 1.54) is 0 Å². The van der Waals surface area contributed by atoms with Crippen molar-refractivity contribution in [1.82, 2.24) is 5.32 Å². The van der Waals surface area contributed by atoms with Crippen LogP contribution in [0, 0.1) is 0 Å². The minimum Gasteiger partial charge on any atom is -0.507 e. The van der Waals surface area contributed by atoms with Gasteiger partial charge < -0.3 is 19.9 Å². The fourth-order valence-corrected chi connectivity index (χ4v) is 3.07. The third-order valence-corrected chi connectivity index (χ3v) is 4.41. The molecule has 3 aromatic carbocycles. The molecule has 1 aliphatic rings. The Balaban J connectivity index is 1.42. The molecule has 5 heteroatoms. The Bertz CT molecular complexity index is 967. The van der Waals surface area contributed by atoms with E-state index in [4.69, 9.17) is 9.47 Å². The van der Waals surface area contributed by atoms with E-state index < -0.39 is 0 Å². The van der Waals surface area contributed by atoms with Gasteiger partial charge in [-0.25, -0.2) is 0 Å². The van der Waals surface area contributed by atoms with E-state index >= 15 is 0 Å². The quantitative estimate of drug-likeness (QED) is 0.758. The molecule has 0 aromatic heterocycles. The number of benzene rings is 3. The van der Waals surface area contributed by atoms with Crippen molar-refractivity contribution in [2.45, 2.75) is 6.42 Å². The van der Waals surface area contributed by atoms with Gasteiger partial charge in [0.15, 0.2) is 11.5 Å². The summed E-state index contributed by atoms with van der Waals surface area (Å²) in [6.07, 6.45) is 0.663. The maximum Gasteiger partial charge on any atom is 0.255 e. The number of rotatable bonds is 4. The van der Waals surface area contributed by atoms with Gasteiger partial charge in [-0.15, -0.1) is 0 Å². The van der Waals surface area contributed by atoms with Crippen LogP contribution in [0.25, 0.3) is 10.8 Å². The highest BCUT2D eigenvalue weighted by molar-refractivity contribution is 6.01. The summed E-state index contributed by atoms with van der Waals surface area (Å²) in [6, 6.07) is 16.7. The van der Waals surface area contributed by atoms with Crippen LogP contribution in [-0.4, -0.2) is 30.8 Å². The van der Waals surface area contributed by atoms with E-state index in [2.05, 4.69) is 5.32 Å². The number of nitrogens with one attached hydrogen (secondary N) is 1. The summed E-state index contributed by atoms with van der Waals surface area (Å²) in [7, 11) is 0. The van der Waals surface area contributed by atoms with Crippen LogP contribution in [0.3, 0.4) is 0 Å². The lowest BCUT2D eigenvalue weighted by Gasteiger charge is -2.18. The first-order valence-electron chi connectivity index (χ1n) is 8.59. The highest BCUT2D eigenvalue weighted by Gasteiger charge is 2.14. The number of phenolic OH excluding ortho intramolecular Hbond substituents is 1. The minimum atomic E-state index is -0.286. The van der Waals surface area contributed by atoms with Crippen LogP contribution in [0.4, 0.5) is 0 Å². The first-order valence-corrected chi connectivity index (χ1v) is 8.59. The number of carbonyl (C=O) groups excluding carboxylic acids is 1. The van der Waals surface area contributed by atoms with Crippen molar-refractivity contribution < 1.29 is 19.4 Å². The van der Waals surface area contributed by atoms with Crippen LogP contribution in [-0.2, 0) is 6.42 Å². The smallest absolute Gasteiger partial charge is 0.255 e. The standard InChI is InChI=1S/C21H19NO4/c23-18-13-16-4-2-1-3-15(16)12-17(18)21(24)22-8-7-14-5-6-19-20(11-14)26-10-9-25-19/h1-6,11-13,23H,7-10H2,(H,22,24). The third-order valence-electron chi connectivity index (χ3n) is 4.41. The van der Waals surface area contributed by atoms with Gasteiger partial charge in [0.05, 0.1) is 5.56 Å². The van der Waals surface area contributed by atoms with Gasteiger partial charge in [-0.3, -0.25) is 4.79 Å². The Kier molecular flexibility index (Phi) is 4.35. The molecule has 0 atom stereocenters. The zero-order valence-corrected chi connectivity index (χ0v) is 14.2. The van der Waals surface area contributed by atoms with E-state index in [1.807, 2.05) is 42.5 Å². The van der Waals surface area contributed by atoms with Crippen LogP contribution in [0.1, 0.15) is 15.9 Å². The Hall–Kier alpha value is -3.21. The average molecular weight is 349 g/mol. The summed E-state index contributed by atoms with van der Waals surface area (Å²) in [5.41, 5.74) is 1.34. The number of hydrogen-bond acceptors (Lipinski definition) is 4. The largest absolute Gasteiger partial charge is 0.507 e. The molecule has 0 fully saturated rings. The van der Waals surface area contributed by atoms with Gasteiger partial charge in [0.2, 0.25) is 0 Å². The SMILES string of the molecule is O=C(NCCc1ccc2c(c1)OCCO2)c1cc2ccccc2cc1O. The number of carbonyl (C=O) groups is 1. The molecule has 0 saturated carbocycles. The first kappa shape index (κ1) is 16.3. The van der Waals surface area contributed by atoms with Gasteiger partial charge in [0.1, 0.15) is 19.0 Å². The molecule has 0 saturated heterocycles. The molecule has 1 aliphatic heterocycles. The maximum absolute atomic E-state index is 12.4. The predicted octanol–water partition coefficient (Wildman–Crippen LogP) is 3.29. The summed E-state index contributed by atoms with van der Waals surface area (Å²) < 4.78 is 11.1. The van der Waals surface area contributed by atoms with Crippen molar-refractivity contribution in [3.8, 4) is 17.2 Å². The van der Waals surface area contributed by atoms with Crippen molar-refractivity contribution >= 4 is 16.7 Å². The van der Waals surface area contributed by atoms with Crippen molar-refractivity contribution in [1.29, 1.82) is 0 Å². The lowest BCUT2D eigenvalue weighted by molar-refractivity contribution is 0.0951. The summed E-state index contributed by atoms with van der Waals surface area (Å²) in [6.45, 7) is 1.58. The molecule has 132 valence electrons. The molecule has 4 rings (SSSR count). The summed E-state index contributed by atoms with van der Waals surface area (Å²) in [5.74, 6) is 1.20. The summed E-state index contributed by atoms with van der Waals surface area (Å²) >= 11 is 0. The zero-order chi connectivity index (χ0) is 17.9. The predicted molar refractivity (Wildman–Crippen MR) is 99.1 cm³/mol. The molecule has 5 nitrogen and oxygen atoms in total. The number of fused-ring (bicyclic) bond motifs is 2. The normalized spacial score (nSPS) is 12.8. The molecule has 0 spiro atoms. The number of phenols is 1. The van der Waals surface area contributed by atoms with Gasteiger partial charge in [-0.2, -0.15) is 0 Å². The summed E-state index contributed by atoms with van der Waals surface area (Å²) in [5, 5.41) is 14.8. The van der Waals surface area contributed by atoms with E-state index in [1.54, 1.807) is 12.1 Å². The molecular weight excluding hydrogens is 330 g/mol. The fourth-order valence-electron chi connectivity index (χ4n) is 3.07. The molecule has 0 aliphatic carbocycles. The topological polar surface area (TPSA) is 67.8 Å². The fraction of sp³-hybridized carbons (Fsp3) is 0.190. The second kappa shape index (κ2) is 6.96. The van der Waals surface area contributed by atoms with Crippen LogP contribution in [0.15, 0.2) is 54.6 Å². The molecule has 1 amide bonds. The molecule has 0 unspecified atom stereocenters. The van der Waals surface area contributed by atoms with E-state index in [0.29, 0.717) is 26.2 Å². The third kappa shape index (κ3) is 3.28. The van der Waals surface area contributed by atoms with Gasteiger partial charge >= 0.3 is 0 Å². The minimum absolute atomic E-state index is 0.0134. The lowest BCUT2D eigenvalue weighted by Crippen LogP contribution is -2.25. The van der Waals surface area contributed by atoms with Crippen molar-refractivity contribution in [2.24, 2.45) is 0 Å². The molecule has 3 aromatic rings. The highest BCUT2D eigenvalue weighted by atomic mass is 16.6. The van der Waals surface area contributed by atoms with Gasteiger partial charge in [-0.1, -0.05) is 30.3 Å². The average Bonchev–Trinajstić information content (AvgIpc) is 2.67. The summed E-state index contributed by atoms with van der Waals surface area (Å²) in [4.78, 5) is 12.4. The van der Waals surface area contributed by atoms with Crippen LogP contribution in [0.5, 0.6) is 17.2 Å². The molecule has 2 N–H and O–H groups in total. The Morgan fingerprint density at radius 1 is 0.962 bits per heavy atom. The van der Waals surface area contributed by atoms with Crippen molar-refractivity contribution in [3.63, 3.8) is 0 Å². The Morgan fingerprint density at radius 3 is 2.50 bits per heavy atom. The van der Waals surface area contributed by atoms with E-state index in [9.17, 15) is 9.90 Å². The monoisotopic (exact) mass is 349 g/mol. The van der Waals surface area contributed by atoms with E-state index in [-0.39, 0.29) is 17.2 Å². The molecule has 1 heterocycles. The van der Waals surface area contributed by atoms with Crippen LogP contribution in [0.2, 0.25) is 0 Å². The second-order valence-electron chi connectivity index (χ2n) is 6.20. The van der Waals surface area contributed by atoms with Crippen LogP contribution < -0.4 is 14.8 Å². The molecule has 0 radical (unpaired) electrons. The molecular formula is C21H19NO4. The van der Waals surface area contributed by atoms with Crippen molar-refractivity contribution in [3.05, 3.63) is 65.7 Å². The van der Waals surface area contributed by atoms with E-state index in [0.717, 1.165) is 27.8 Å². The maximum atomic E-state index is 12.4. The highest BCUT2D eigenvalue weighted by Crippen LogP contribution is 2.30. The lowest BCUT2D eigenvalue weighted by atomic mass is 10.1. The van der Waals surface area contributed by atoms with Crippen LogP contribution >= 0.6 is 0 Å². The van der Waals surface area contributed by atoms with Gasteiger partial charge in [0.25, 0.3) is 5.91 Å². The Morgan fingerprint density at radius 2 is 1.69 bits per heavy atom. The Labute approximate surface area is 151 Å². The number of aromatic hydroxyl groups is 1. The number of hydrogen-bond donors (Lipinski definition) is 2.